The first kappa shape index (κ1) is 16.8. The minimum absolute atomic E-state index is 0.246. The monoisotopic (exact) mass is 334 g/mol. The zero-order valence-corrected chi connectivity index (χ0v) is 13.1. The van der Waals surface area contributed by atoms with E-state index in [4.69, 9.17) is 12.2 Å². The van der Waals surface area contributed by atoms with Gasteiger partial charge in [-0.15, -0.1) is 13.2 Å². The van der Waals surface area contributed by atoms with Crippen LogP contribution in [0.3, 0.4) is 0 Å². The number of thiocarbonyl (C=S) groups is 1. The van der Waals surface area contributed by atoms with Crippen LogP contribution in [0.5, 0.6) is 5.75 Å². The van der Waals surface area contributed by atoms with Gasteiger partial charge in [0.1, 0.15) is 5.75 Å². The molecule has 0 saturated carbocycles. The Bertz CT molecular complexity index is 499. The quantitative estimate of drug-likeness (QED) is 0.820. The minimum Gasteiger partial charge on any atom is -0.406 e. The van der Waals surface area contributed by atoms with E-state index in [1.54, 1.807) is 4.90 Å². The maximum atomic E-state index is 12.1. The first-order chi connectivity index (χ1) is 10.4. The van der Waals surface area contributed by atoms with Crippen LogP contribution in [0.25, 0.3) is 0 Å². The second-order valence-corrected chi connectivity index (χ2v) is 5.48. The number of hydrogen-bond acceptors (Lipinski definition) is 2. The van der Waals surface area contributed by atoms with Crippen molar-refractivity contribution >= 4 is 23.0 Å². The Morgan fingerprint density at radius 2 is 1.86 bits per heavy atom. The van der Waals surface area contributed by atoms with E-state index >= 15 is 0 Å². The van der Waals surface area contributed by atoms with Crippen molar-refractivity contribution < 1.29 is 22.8 Å². The third kappa shape index (κ3) is 5.03. The van der Waals surface area contributed by atoms with Gasteiger partial charge >= 0.3 is 6.36 Å². The van der Waals surface area contributed by atoms with E-state index in [9.17, 15) is 13.2 Å². The number of piperazine rings is 1. The Balaban J connectivity index is 1.87. The number of alkyl halides is 3. The van der Waals surface area contributed by atoms with Crippen molar-refractivity contribution in [2.24, 2.45) is 0 Å². The van der Waals surface area contributed by atoms with Crippen LogP contribution in [0.1, 0.15) is 6.92 Å². The van der Waals surface area contributed by atoms with Crippen LogP contribution in [0.2, 0.25) is 0 Å². The summed E-state index contributed by atoms with van der Waals surface area (Å²) in [5, 5.41) is 3.64. The molecule has 0 spiro atoms. The number of nitrogens with zero attached hydrogens (tertiary/aromatic N) is 1. The smallest absolute Gasteiger partial charge is 0.406 e. The summed E-state index contributed by atoms with van der Waals surface area (Å²) in [7, 11) is 0. The predicted molar refractivity (Wildman–Crippen MR) is 82.2 cm³/mol. The minimum atomic E-state index is -4.68. The van der Waals surface area contributed by atoms with Crippen LogP contribution in [-0.4, -0.2) is 49.1 Å². The molecule has 1 aromatic rings. The highest BCUT2D eigenvalue weighted by atomic mass is 32.1. The molecular formula is C14H19F3N3OS+. The summed E-state index contributed by atoms with van der Waals surface area (Å²) in [5.74, 6) is -0.246. The van der Waals surface area contributed by atoms with Crippen LogP contribution >= 0.6 is 12.2 Å². The molecule has 1 aliphatic rings. The molecule has 0 amide bonds. The van der Waals surface area contributed by atoms with Crippen LogP contribution in [-0.2, 0) is 0 Å². The number of quaternary nitrogens is 1. The van der Waals surface area contributed by atoms with E-state index in [0.29, 0.717) is 10.8 Å². The maximum absolute atomic E-state index is 12.1. The van der Waals surface area contributed by atoms with Gasteiger partial charge in [0, 0.05) is 5.69 Å². The van der Waals surface area contributed by atoms with E-state index in [0.717, 1.165) is 32.7 Å². The van der Waals surface area contributed by atoms with E-state index in [2.05, 4.69) is 21.9 Å². The van der Waals surface area contributed by atoms with Crippen LogP contribution in [0.4, 0.5) is 18.9 Å². The highest BCUT2D eigenvalue weighted by Gasteiger charge is 2.31. The number of likely N-dealkylation sites (N-methyl/N-ethyl adjacent to an activating group) is 1. The lowest BCUT2D eigenvalue weighted by Gasteiger charge is -2.33. The summed E-state index contributed by atoms with van der Waals surface area (Å²) >= 11 is 5.35. The first-order valence-electron chi connectivity index (χ1n) is 7.12. The third-order valence-electron chi connectivity index (χ3n) is 3.60. The average Bonchev–Trinajstić information content (AvgIpc) is 2.48. The molecular weight excluding hydrogens is 315 g/mol. The average molecular weight is 334 g/mol. The SMILES string of the molecule is CC[NH+]1CCN(C(=S)Nc2ccc(OC(F)(F)F)cc2)CC1. The molecule has 122 valence electrons. The molecule has 1 saturated heterocycles. The van der Waals surface area contributed by atoms with Gasteiger partial charge in [-0.05, 0) is 43.4 Å². The highest BCUT2D eigenvalue weighted by molar-refractivity contribution is 7.80. The molecule has 1 aliphatic heterocycles. The second kappa shape index (κ2) is 7.15. The molecule has 1 heterocycles. The Morgan fingerprint density at radius 1 is 1.27 bits per heavy atom. The normalized spacial score (nSPS) is 16.5. The van der Waals surface area contributed by atoms with E-state index < -0.39 is 6.36 Å². The molecule has 2 rings (SSSR count). The van der Waals surface area contributed by atoms with Gasteiger partial charge in [-0.3, -0.25) is 0 Å². The molecule has 0 bridgehead atoms. The van der Waals surface area contributed by atoms with Crippen LogP contribution in [0, 0.1) is 0 Å². The zero-order valence-electron chi connectivity index (χ0n) is 12.2. The van der Waals surface area contributed by atoms with Gasteiger partial charge < -0.3 is 19.9 Å². The largest absolute Gasteiger partial charge is 0.573 e. The molecule has 2 N–H and O–H groups in total. The van der Waals surface area contributed by atoms with Crippen molar-refractivity contribution in [2.45, 2.75) is 13.3 Å². The number of hydrogen-bond donors (Lipinski definition) is 2. The van der Waals surface area contributed by atoms with Crippen LogP contribution in [0.15, 0.2) is 24.3 Å². The Morgan fingerprint density at radius 3 is 2.36 bits per heavy atom. The molecule has 1 fully saturated rings. The summed E-state index contributed by atoms with van der Waals surface area (Å²) < 4.78 is 40.1. The fourth-order valence-corrected chi connectivity index (χ4v) is 2.62. The molecule has 22 heavy (non-hydrogen) atoms. The summed E-state index contributed by atoms with van der Waals surface area (Å²) in [6.07, 6.45) is -4.68. The number of halogens is 3. The van der Waals surface area contributed by atoms with Gasteiger partial charge in [0.25, 0.3) is 0 Å². The summed E-state index contributed by atoms with van der Waals surface area (Å²) in [6.45, 7) is 7.10. The van der Waals surface area contributed by atoms with Gasteiger partial charge in [0.15, 0.2) is 5.11 Å². The lowest BCUT2D eigenvalue weighted by atomic mass is 10.3. The topological polar surface area (TPSA) is 28.9 Å². The van der Waals surface area contributed by atoms with Gasteiger partial charge in [0.05, 0.1) is 32.7 Å². The maximum Gasteiger partial charge on any atom is 0.573 e. The molecule has 0 aliphatic carbocycles. The number of ether oxygens (including phenoxy) is 1. The summed E-state index contributed by atoms with van der Waals surface area (Å²) in [5.41, 5.74) is 0.643. The Labute approximate surface area is 132 Å². The Kier molecular flexibility index (Phi) is 5.47. The van der Waals surface area contributed by atoms with Crippen molar-refractivity contribution in [1.29, 1.82) is 0 Å². The predicted octanol–water partition coefficient (Wildman–Crippen LogP) is 1.50. The number of anilines is 1. The van der Waals surface area contributed by atoms with Crippen molar-refractivity contribution in [3.63, 3.8) is 0 Å². The molecule has 0 radical (unpaired) electrons. The van der Waals surface area contributed by atoms with Crippen LogP contribution < -0.4 is 15.0 Å². The van der Waals surface area contributed by atoms with Gasteiger partial charge in [-0.25, -0.2) is 0 Å². The van der Waals surface area contributed by atoms with E-state index in [-0.39, 0.29) is 5.75 Å². The van der Waals surface area contributed by atoms with Crippen molar-refractivity contribution in [3.8, 4) is 5.75 Å². The second-order valence-electron chi connectivity index (χ2n) is 5.09. The third-order valence-corrected chi connectivity index (χ3v) is 3.96. The fourth-order valence-electron chi connectivity index (χ4n) is 2.32. The molecule has 8 heteroatoms. The number of benzene rings is 1. The molecule has 0 unspecified atom stereocenters. The summed E-state index contributed by atoms with van der Waals surface area (Å²) in [6, 6.07) is 5.55. The highest BCUT2D eigenvalue weighted by Crippen LogP contribution is 2.24. The lowest BCUT2D eigenvalue weighted by molar-refractivity contribution is -0.902. The first-order valence-corrected chi connectivity index (χ1v) is 7.53. The van der Waals surface area contributed by atoms with Gasteiger partial charge in [0.2, 0.25) is 0 Å². The molecule has 4 nitrogen and oxygen atoms in total. The molecule has 1 aromatic carbocycles. The summed E-state index contributed by atoms with van der Waals surface area (Å²) in [4.78, 5) is 3.63. The van der Waals surface area contributed by atoms with Gasteiger partial charge in [-0.2, -0.15) is 0 Å². The Hall–Kier alpha value is -1.54. The lowest BCUT2D eigenvalue weighted by Crippen LogP contribution is -3.14. The van der Waals surface area contributed by atoms with Crippen molar-refractivity contribution in [3.05, 3.63) is 24.3 Å². The fraction of sp³-hybridized carbons (Fsp3) is 0.500. The zero-order chi connectivity index (χ0) is 16.2. The number of rotatable bonds is 3. The van der Waals surface area contributed by atoms with Gasteiger partial charge in [-0.1, -0.05) is 0 Å². The van der Waals surface area contributed by atoms with E-state index in [1.165, 1.54) is 24.3 Å². The number of nitrogens with one attached hydrogen (secondary N) is 2. The van der Waals surface area contributed by atoms with E-state index in [1.807, 2.05) is 0 Å². The molecule has 0 aromatic heterocycles. The van der Waals surface area contributed by atoms with Crippen molar-refractivity contribution in [2.75, 3.05) is 38.0 Å². The molecule has 0 atom stereocenters. The van der Waals surface area contributed by atoms with Crippen molar-refractivity contribution in [1.82, 2.24) is 4.90 Å². The standard InChI is InChI=1S/C14H18F3N3OS/c1-2-19-7-9-20(10-8-19)13(22)18-11-3-5-12(6-4-11)21-14(15,16)17/h3-6H,2,7-10H2,1H3,(H,18,22)/p+1.